The fraction of sp³-hybridized carbons (Fsp3) is 0.125. The number of hydrogen-bond donors (Lipinski definition) is 1. The van der Waals surface area contributed by atoms with Crippen molar-refractivity contribution < 1.29 is 36.9 Å². The number of hydrogen-bond acceptors (Lipinski definition) is 3. The van der Waals surface area contributed by atoms with Crippen LogP contribution >= 0.6 is 15.9 Å². The Bertz CT molecular complexity index is 1370. The highest BCUT2D eigenvalue weighted by molar-refractivity contribution is 9.10. The fourth-order valence-electron chi connectivity index (χ4n) is 3.51. The van der Waals surface area contributed by atoms with Crippen LogP contribution in [-0.4, -0.2) is 15.8 Å². The number of carbonyl (C=O) groups is 1. The summed E-state index contributed by atoms with van der Waals surface area (Å²) >= 11 is 3.17. The maximum atomic E-state index is 14.2. The molecule has 0 saturated carbocycles. The fourth-order valence-corrected chi connectivity index (χ4v) is 3.85. The van der Waals surface area contributed by atoms with Crippen LogP contribution in [0.25, 0.3) is 10.9 Å². The number of aromatic nitrogens is 1. The first kappa shape index (κ1) is 23.6. The first-order valence-electron chi connectivity index (χ1n) is 9.87. The van der Waals surface area contributed by atoms with Crippen molar-refractivity contribution in [3.8, 4) is 11.5 Å². The third kappa shape index (κ3) is 5.17. The Hall–Kier alpha value is -3.53. The predicted octanol–water partition coefficient (Wildman–Crippen LogP) is 7.25. The van der Waals surface area contributed by atoms with Crippen molar-refractivity contribution in [2.45, 2.75) is 19.3 Å². The van der Waals surface area contributed by atoms with Crippen molar-refractivity contribution in [2.75, 3.05) is 0 Å². The average Bonchev–Trinajstić information content (AvgIpc) is 3.16. The standard InChI is InChI=1S/C24H16BrF4NO4/c25-17-6-4-14(19(26)11-17)13-33-21-7-5-16(24(27,28)29)10-15(21)12-30-9-8-18-20(30)2-1-3-22(18)34-23(31)32/h1-11H,12-13H2,(H,31,32). The van der Waals surface area contributed by atoms with Crippen molar-refractivity contribution in [3.05, 3.63) is 93.8 Å². The third-order valence-corrected chi connectivity index (χ3v) is 5.59. The summed E-state index contributed by atoms with van der Waals surface area (Å²) in [5, 5.41) is 9.40. The summed E-state index contributed by atoms with van der Waals surface area (Å²) in [5.41, 5.74) is 0.169. The summed E-state index contributed by atoms with van der Waals surface area (Å²) in [7, 11) is 0. The third-order valence-electron chi connectivity index (χ3n) is 5.10. The Balaban J connectivity index is 1.69. The Morgan fingerprint density at radius 2 is 1.79 bits per heavy atom. The van der Waals surface area contributed by atoms with Gasteiger partial charge in [-0.05, 0) is 48.5 Å². The van der Waals surface area contributed by atoms with Crippen LogP contribution in [0.2, 0.25) is 0 Å². The molecule has 4 rings (SSSR count). The largest absolute Gasteiger partial charge is 0.511 e. The Morgan fingerprint density at radius 1 is 1.00 bits per heavy atom. The quantitative estimate of drug-likeness (QED) is 0.160. The molecule has 4 aromatic rings. The van der Waals surface area contributed by atoms with E-state index < -0.39 is 23.7 Å². The van der Waals surface area contributed by atoms with E-state index in [9.17, 15) is 22.4 Å². The van der Waals surface area contributed by atoms with Gasteiger partial charge in [-0.15, -0.1) is 0 Å². The molecule has 0 unspecified atom stereocenters. The Morgan fingerprint density at radius 3 is 2.50 bits per heavy atom. The summed E-state index contributed by atoms with van der Waals surface area (Å²) in [6, 6.07) is 13.9. The van der Waals surface area contributed by atoms with E-state index in [-0.39, 0.29) is 35.8 Å². The number of alkyl halides is 3. The minimum atomic E-state index is -4.56. The van der Waals surface area contributed by atoms with Crippen molar-refractivity contribution in [3.63, 3.8) is 0 Å². The molecule has 5 nitrogen and oxygen atoms in total. The molecule has 34 heavy (non-hydrogen) atoms. The van der Waals surface area contributed by atoms with Gasteiger partial charge in [-0.25, -0.2) is 9.18 Å². The maximum Gasteiger partial charge on any atom is 0.511 e. The highest BCUT2D eigenvalue weighted by Gasteiger charge is 2.31. The van der Waals surface area contributed by atoms with E-state index >= 15 is 0 Å². The number of nitrogens with zero attached hydrogens (tertiary/aromatic N) is 1. The first-order chi connectivity index (χ1) is 16.1. The molecule has 0 bridgehead atoms. The van der Waals surface area contributed by atoms with Crippen LogP contribution in [0.1, 0.15) is 16.7 Å². The van der Waals surface area contributed by atoms with Gasteiger partial charge in [-0.2, -0.15) is 13.2 Å². The van der Waals surface area contributed by atoms with Gasteiger partial charge < -0.3 is 19.1 Å². The lowest BCUT2D eigenvalue weighted by Crippen LogP contribution is -2.09. The minimum absolute atomic E-state index is 0.0118. The number of halogens is 5. The lowest BCUT2D eigenvalue weighted by molar-refractivity contribution is -0.137. The van der Waals surface area contributed by atoms with E-state index in [4.69, 9.17) is 14.6 Å². The monoisotopic (exact) mass is 537 g/mol. The molecule has 0 radical (unpaired) electrons. The highest BCUT2D eigenvalue weighted by atomic mass is 79.9. The van der Waals surface area contributed by atoms with Crippen LogP contribution in [0.4, 0.5) is 22.4 Å². The van der Waals surface area contributed by atoms with Gasteiger partial charge in [0.25, 0.3) is 0 Å². The summed E-state index contributed by atoms with van der Waals surface area (Å²) in [4.78, 5) is 10.9. The van der Waals surface area contributed by atoms with E-state index in [1.807, 2.05) is 0 Å². The number of carboxylic acid groups (broad SMARTS) is 1. The molecule has 0 aliphatic carbocycles. The van der Waals surface area contributed by atoms with E-state index in [1.54, 1.807) is 35.0 Å². The topological polar surface area (TPSA) is 60.7 Å². The Labute approximate surface area is 199 Å². The predicted molar refractivity (Wildman–Crippen MR) is 120 cm³/mol. The molecule has 176 valence electrons. The zero-order valence-electron chi connectivity index (χ0n) is 17.3. The molecular formula is C24H16BrF4NO4. The van der Waals surface area contributed by atoms with Gasteiger partial charge in [-0.1, -0.05) is 28.1 Å². The summed E-state index contributed by atoms with van der Waals surface area (Å²) in [5.74, 6) is -0.240. The lowest BCUT2D eigenvalue weighted by Gasteiger charge is -2.16. The van der Waals surface area contributed by atoms with Gasteiger partial charge in [0, 0.05) is 27.2 Å². The molecule has 0 spiro atoms. The normalized spacial score (nSPS) is 11.6. The van der Waals surface area contributed by atoms with E-state index in [0.29, 0.717) is 15.4 Å². The Kier molecular flexibility index (Phi) is 6.52. The van der Waals surface area contributed by atoms with Gasteiger partial charge in [0.15, 0.2) is 0 Å². The van der Waals surface area contributed by atoms with Gasteiger partial charge in [-0.3, -0.25) is 0 Å². The summed E-state index contributed by atoms with van der Waals surface area (Å²) < 4.78 is 67.0. The van der Waals surface area contributed by atoms with Crippen molar-refractivity contribution in [1.82, 2.24) is 4.57 Å². The minimum Gasteiger partial charge on any atom is -0.488 e. The second kappa shape index (κ2) is 9.38. The van der Waals surface area contributed by atoms with E-state index in [1.165, 1.54) is 24.3 Å². The molecular weight excluding hydrogens is 522 g/mol. The summed E-state index contributed by atoms with van der Waals surface area (Å²) in [6.07, 6.45) is -4.43. The molecule has 0 atom stereocenters. The molecule has 0 aliphatic rings. The summed E-state index contributed by atoms with van der Waals surface area (Å²) in [6.45, 7) is -0.192. The molecule has 3 aromatic carbocycles. The van der Waals surface area contributed by atoms with E-state index in [2.05, 4.69) is 15.9 Å². The van der Waals surface area contributed by atoms with Crippen LogP contribution in [-0.2, 0) is 19.3 Å². The number of rotatable bonds is 6. The van der Waals surface area contributed by atoms with Crippen LogP contribution in [0.15, 0.2) is 71.3 Å². The lowest BCUT2D eigenvalue weighted by atomic mass is 10.1. The van der Waals surface area contributed by atoms with Gasteiger partial charge in [0.1, 0.15) is 23.9 Å². The van der Waals surface area contributed by atoms with Gasteiger partial charge >= 0.3 is 12.3 Å². The molecule has 0 amide bonds. The highest BCUT2D eigenvalue weighted by Crippen LogP contribution is 2.34. The van der Waals surface area contributed by atoms with Gasteiger partial charge in [0.05, 0.1) is 17.6 Å². The van der Waals surface area contributed by atoms with Crippen molar-refractivity contribution >= 4 is 33.0 Å². The molecule has 1 aromatic heterocycles. The molecule has 0 saturated heterocycles. The molecule has 1 N–H and O–H groups in total. The van der Waals surface area contributed by atoms with Crippen molar-refractivity contribution in [1.29, 1.82) is 0 Å². The van der Waals surface area contributed by atoms with Gasteiger partial charge in [0.2, 0.25) is 0 Å². The molecule has 10 heteroatoms. The number of ether oxygens (including phenoxy) is 2. The molecule has 1 heterocycles. The second-order valence-corrected chi connectivity index (χ2v) is 8.26. The van der Waals surface area contributed by atoms with E-state index in [0.717, 1.165) is 12.1 Å². The average molecular weight is 538 g/mol. The van der Waals surface area contributed by atoms with Crippen LogP contribution in [0.5, 0.6) is 11.5 Å². The van der Waals surface area contributed by atoms with Crippen molar-refractivity contribution in [2.24, 2.45) is 0 Å². The maximum absolute atomic E-state index is 14.2. The van der Waals surface area contributed by atoms with Crippen LogP contribution in [0.3, 0.4) is 0 Å². The first-order valence-corrected chi connectivity index (χ1v) is 10.7. The zero-order chi connectivity index (χ0) is 24.5. The molecule has 0 fully saturated rings. The number of fused-ring (bicyclic) bond motifs is 1. The van der Waals surface area contributed by atoms with Crippen LogP contribution in [0, 0.1) is 5.82 Å². The smallest absolute Gasteiger partial charge is 0.488 e. The second-order valence-electron chi connectivity index (χ2n) is 7.35. The zero-order valence-corrected chi connectivity index (χ0v) is 18.9. The number of benzene rings is 3. The SMILES string of the molecule is O=C(O)Oc1cccc2c1ccn2Cc1cc(C(F)(F)F)ccc1OCc1ccc(Br)cc1F. The van der Waals surface area contributed by atoms with Crippen LogP contribution < -0.4 is 9.47 Å². The molecule has 0 aliphatic heterocycles.